The van der Waals surface area contributed by atoms with Crippen LogP contribution < -0.4 is 11.6 Å². The third kappa shape index (κ3) is 5.37. The van der Waals surface area contributed by atoms with Crippen LogP contribution in [0.15, 0.2) is 48.5 Å². The van der Waals surface area contributed by atoms with E-state index in [9.17, 15) is 13.9 Å². The van der Waals surface area contributed by atoms with Crippen molar-refractivity contribution < 1.29 is 13.9 Å². The van der Waals surface area contributed by atoms with Gasteiger partial charge >= 0.3 is 0 Å². The van der Waals surface area contributed by atoms with Crippen molar-refractivity contribution in [3.8, 4) is 0 Å². The molecule has 2 aromatic carbocycles. The minimum atomic E-state index is -0.828. The van der Waals surface area contributed by atoms with Gasteiger partial charge in [0.1, 0.15) is 11.6 Å². The van der Waals surface area contributed by atoms with Crippen molar-refractivity contribution >= 4 is 0 Å². The summed E-state index contributed by atoms with van der Waals surface area (Å²) in [7, 11) is 0. The molecule has 0 amide bonds. The number of hydrogen-bond acceptors (Lipinski definition) is 4. The van der Waals surface area contributed by atoms with Crippen LogP contribution >= 0.6 is 0 Å². The molecule has 2 rings (SSSR count). The van der Waals surface area contributed by atoms with Gasteiger partial charge in [-0.1, -0.05) is 24.3 Å². The summed E-state index contributed by atoms with van der Waals surface area (Å²) in [6.45, 7) is 0.301. The minimum absolute atomic E-state index is 0.293. The summed E-state index contributed by atoms with van der Waals surface area (Å²) in [5.41, 5.74) is 7.66. The number of halogens is 2. The van der Waals surface area contributed by atoms with Gasteiger partial charge in [0.05, 0.1) is 12.3 Å². The molecule has 1 unspecified atom stereocenters. The van der Waals surface area contributed by atoms with Crippen molar-refractivity contribution in [2.24, 2.45) is 11.6 Å². The highest BCUT2D eigenvalue weighted by molar-refractivity contribution is 5.17. The molecule has 0 aliphatic rings. The zero-order valence-electron chi connectivity index (χ0n) is 12.7. The first-order valence-corrected chi connectivity index (χ1v) is 7.39. The fraction of sp³-hybridized carbons (Fsp3) is 0.294. The van der Waals surface area contributed by atoms with Crippen molar-refractivity contribution in [2.45, 2.75) is 31.7 Å². The predicted octanol–water partition coefficient (Wildman–Crippen LogP) is 1.92. The molecular formula is C17H21F2N3O. The summed E-state index contributed by atoms with van der Waals surface area (Å²) in [6.07, 6.45) is -0.602. The van der Waals surface area contributed by atoms with Crippen LogP contribution in [0.2, 0.25) is 0 Å². The highest BCUT2D eigenvalue weighted by Crippen LogP contribution is 2.11. The minimum Gasteiger partial charge on any atom is -0.390 e. The predicted molar refractivity (Wildman–Crippen MR) is 84.8 cm³/mol. The van der Waals surface area contributed by atoms with Crippen molar-refractivity contribution in [2.75, 3.05) is 0 Å². The van der Waals surface area contributed by atoms with E-state index in [1.54, 1.807) is 24.3 Å². The van der Waals surface area contributed by atoms with E-state index in [1.807, 2.05) is 0 Å². The molecule has 0 heterocycles. The molecule has 124 valence electrons. The van der Waals surface area contributed by atoms with Crippen LogP contribution in [-0.4, -0.2) is 22.4 Å². The van der Waals surface area contributed by atoms with Crippen LogP contribution in [0.4, 0.5) is 8.78 Å². The quantitative estimate of drug-likeness (QED) is 0.414. The molecule has 5 N–H and O–H groups in total. The summed E-state index contributed by atoms with van der Waals surface area (Å²) in [6, 6.07) is 12.0. The Morgan fingerprint density at radius 2 is 1.39 bits per heavy atom. The molecular weight excluding hydrogens is 300 g/mol. The first-order valence-electron chi connectivity index (χ1n) is 7.39. The lowest BCUT2D eigenvalue weighted by Crippen LogP contribution is -2.53. The molecule has 0 aromatic heterocycles. The topological polar surface area (TPSA) is 75.5 Å². The Hall–Kier alpha value is -1.86. The summed E-state index contributed by atoms with van der Waals surface area (Å²) < 4.78 is 25.7. The Morgan fingerprint density at radius 3 is 1.91 bits per heavy atom. The SMILES string of the molecule is NC([C@@H](O)CCc1ccc(F)cc1)N(N)Cc1ccc(F)cc1. The fourth-order valence-electron chi connectivity index (χ4n) is 2.26. The second-order valence-electron chi connectivity index (χ2n) is 5.52. The lowest BCUT2D eigenvalue weighted by atomic mass is 10.0. The molecule has 0 aliphatic carbocycles. The number of benzene rings is 2. The average Bonchev–Trinajstić information content (AvgIpc) is 2.55. The molecule has 6 heteroatoms. The molecule has 4 nitrogen and oxygen atoms in total. The summed E-state index contributed by atoms with van der Waals surface area (Å²) in [5, 5.41) is 11.5. The normalized spacial score (nSPS) is 14.0. The van der Waals surface area contributed by atoms with Gasteiger partial charge in [-0.25, -0.2) is 13.8 Å². The second-order valence-corrected chi connectivity index (χ2v) is 5.52. The number of rotatable bonds is 7. The highest BCUT2D eigenvalue weighted by atomic mass is 19.1. The van der Waals surface area contributed by atoms with Gasteiger partial charge in [0, 0.05) is 6.54 Å². The van der Waals surface area contributed by atoms with Crippen molar-refractivity contribution in [1.82, 2.24) is 5.01 Å². The molecule has 0 fully saturated rings. The van der Waals surface area contributed by atoms with Gasteiger partial charge in [0.2, 0.25) is 0 Å². The van der Waals surface area contributed by atoms with Crippen LogP contribution in [0.1, 0.15) is 17.5 Å². The molecule has 2 atom stereocenters. The summed E-state index contributed by atoms with van der Waals surface area (Å²) >= 11 is 0. The van der Waals surface area contributed by atoms with Crippen molar-refractivity contribution in [3.05, 3.63) is 71.3 Å². The van der Waals surface area contributed by atoms with Gasteiger partial charge in [-0.2, -0.15) is 0 Å². The first kappa shape index (κ1) is 17.5. The molecule has 0 bridgehead atoms. The maximum absolute atomic E-state index is 12.9. The van der Waals surface area contributed by atoms with Crippen LogP contribution in [0.25, 0.3) is 0 Å². The standard InChI is InChI=1S/C17H21F2N3O/c18-14-6-1-12(2-7-14)5-10-16(23)17(20)22(21)11-13-3-8-15(19)9-4-13/h1-4,6-9,16-17,23H,5,10-11,20-21H2/t16-,17?/m0/s1. The van der Waals surface area contributed by atoms with E-state index in [-0.39, 0.29) is 11.6 Å². The van der Waals surface area contributed by atoms with Gasteiger partial charge in [-0.15, -0.1) is 0 Å². The van der Waals surface area contributed by atoms with E-state index < -0.39 is 12.3 Å². The molecule has 0 saturated heterocycles. The van der Waals surface area contributed by atoms with E-state index in [0.29, 0.717) is 19.4 Å². The van der Waals surface area contributed by atoms with Gasteiger partial charge in [0.25, 0.3) is 0 Å². The third-order valence-corrected chi connectivity index (χ3v) is 3.70. The average molecular weight is 321 g/mol. The second kappa shape index (κ2) is 8.12. The van der Waals surface area contributed by atoms with E-state index >= 15 is 0 Å². The number of hydrazine groups is 1. The lowest BCUT2D eigenvalue weighted by Gasteiger charge is -2.28. The van der Waals surface area contributed by atoms with Gasteiger partial charge in [-0.05, 0) is 48.2 Å². The Balaban J connectivity index is 1.84. The summed E-state index contributed by atoms with van der Waals surface area (Å²) in [5.74, 6) is 5.27. The fourth-order valence-corrected chi connectivity index (χ4v) is 2.26. The van der Waals surface area contributed by atoms with Gasteiger partial charge in [0.15, 0.2) is 0 Å². The lowest BCUT2D eigenvalue weighted by molar-refractivity contribution is 0.0418. The van der Waals surface area contributed by atoms with Gasteiger partial charge in [-0.3, -0.25) is 5.84 Å². The molecule has 23 heavy (non-hydrogen) atoms. The van der Waals surface area contributed by atoms with Crippen molar-refractivity contribution in [1.29, 1.82) is 0 Å². The molecule has 0 radical (unpaired) electrons. The Morgan fingerprint density at radius 1 is 0.913 bits per heavy atom. The van der Waals surface area contributed by atoms with E-state index in [1.165, 1.54) is 29.3 Å². The molecule has 2 aromatic rings. The van der Waals surface area contributed by atoms with Crippen molar-refractivity contribution in [3.63, 3.8) is 0 Å². The highest BCUT2D eigenvalue weighted by Gasteiger charge is 2.20. The number of hydrogen-bond donors (Lipinski definition) is 3. The number of aliphatic hydroxyl groups excluding tert-OH is 1. The largest absolute Gasteiger partial charge is 0.390 e. The zero-order valence-corrected chi connectivity index (χ0v) is 12.7. The number of nitrogens with zero attached hydrogens (tertiary/aromatic N) is 1. The Kier molecular flexibility index (Phi) is 6.18. The molecule has 0 spiro atoms. The van der Waals surface area contributed by atoms with E-state index in [4.69, 9.17) is 11.6 Å². The Labute approximate surface area is 134 Å². The van der Waals surface area contributed by atoms with E-state index in [0.717, 1.165) is 11.1 Å². The third-order valence-electron chi connectivity index (χ3n) is 3.70. The monoisotopic (exact) mass is 321 g/mol. The number of aryl methyl sites for hydroxylation is 1. The first-order chi connectivity index (χ1) is 11.0. The van der Waals surface area contributed by atoms with Crippen LogP contribution in [0.3, 0.4) is 0 Å². The van der Waals surface area contributed by atoms with Gasteiger partial charge < -0.3 is 10.8 Å². The Bertz CT molecular complexity index is 604. The number of aliphatic hydroxyl groups is 1. The van der Waals surface area contributed by atoms with E-state index in [2.05, 4.69) is 0 Å². The number of nitrogens with two attached hydrogens (primary N) is 2. The molecule has 0 aliphatic heterocycles. The smallest absolute Gasteiger partial charge is 0.123 e. The van der Waals surface area contributed by atoms with Crippen LogP contribution in [0.5, 0.6) is 0 Å². The summed E-state index contributed by atoms with van der Waals surface area (Å²) in [4.78, 5) is 0. The van der Waals surface area contributed by atoms with Crippen LogP contribution in [0, 0.1) is 11.6 Å². The van der Waals surface area contributed by atoms with Crippen LogP contribution in [-0.2, 0) is 13.0 Å². The maximum Gasteiger partial charge on any atom is 0.123 e. The maximum atomic E-state index is 12.9. The molecule has 0 saturated carbocycles. The zero-order chi connectivity index (χ0) is 16.8.